The Morgan fingerprint density at radius 1 is 1.41 bits per heavy atom. The van der Waals surface area contributed by atoms with Crippen molar-refractivity contribution < 1.29 is 9.84 Å². The summed E-state index contributed by atoms with van der Waals surface area (Å²) in [7, 11) is 0. The van der Waals surface area contributed by atoms with Crippen LogP contribution in [0.5, 0.6) is 5.88 Å². The van der Waals surface area contributed by atoms with E-state index in [0.717, 1.165) is 18.8 Å². The summed E-state index contributed by atoms with van der Waals surface area (Å²) in [6.45, 7) is 7.76. The Balaban J connectivity index is 2.53. The predicted molar refractivity (Wildman–Crippen MR) is 69.4 cm³/mol. The molecule has 2 N–H and O–H groups in total. The van der Waals surface area contributed by atoms with E-state index in [9.17, 15) is 0 Å². The van der Waals surface area contributed by atoms with Crippen LogP contribution in [0.4, 0.5) is 5.82 Å². The summed E-state index contributed by atoms with van der Waals surface area (Å²) < 4.78 is 5.33. The summed E-state index contributed by atoms with van der Waals surface area (Å²) in [5.41, 5.74) is 0.0536. The lowest BCUT2D eigenvalue weighted by Crippen LogP contribution is -2.24. The van der Waals surface area contributed by atoms with Gasteiger partial charge in [0.05, 0.1) is 6.61 Å². The molecule has 0 saturated heterocycles. The van der Waals surface area contributed by atoms with Crippen LogP contribution in [0.1, 0.15) is 27.2 Å². The van der Waals surface area contributed by atoms with Gasteiger partial charge < -0.3 is 15.2 Å². The fourth-order valence-electron chi connectivity index (χ4n) is 1.46. The number of ether oxygens (including phenoxy) is 1. The van der Waals surface area contributed by atoms with E-state index in [1.807, 2.05) is 25.1 Å². The molecule has 96 valence electrons. The number of rotatable bonds is 7. The van der Waals surface area contributed by atoms with Crippen LogP contribution in [0.25, 0.3) is 0 Å². The van der Waals surface area contributed by atoms with Gasteiger partial charge in [0.25, 0.3) is 0 Å². The molecule has 1 aromatic rings. The summed E-state index contributed by atoms with van der Waals surface area (Å²) in [6, 6.07) is 5.67. The van der Waals surface area contributed by atoms with Gasteiger partial charge in [0, 0.05) is 19.2 Å². The summed E-state index contributed by atoms with van der Waals surface area (Å²) in [5, 5.41) is 12.2. The monoisotopic (exact) mass is 238 g/mol. The fraction of sp³-hybridized carbons (Fsp3) is 0.615. The van der Waals surface area contributed by atoms with Crippen LogP contribution >= 0.6 is 0 Å². The van der Waals surface area contributed by atoms with Crippen molar-refractivity contribution in [1.82, 2.24) is 4.98 Å². The Morgan fingerprint density at radius 3 is 2.82 bits per heavy atom. The first-order valence-corrected chi connectivity index (χ1v) is 6.02. The number of pyridine rings is 1. The molecule has 0 aromatic carbocycles. The molecular formula is C13H22N2O2. The van der Waals surface area contributed by atoms with Crippen LogP contribution in [-0.2, 0) is 0 Å². The molecule has 1 rings (SSSR count). The number of aromatic nitrogens is 1. The smallest absolute Gasteiger partial charge is 0.215 e. The maximum absolute atomic E-state index is 8.95. The molecule has 0 radical (unpaired) electrons. The summed E-state index contributed by atoms with van der Waals surface area (Å²) in [5.74, 6) is 1.44. The predicted octanol–water partition coefficient (Wildman–Crippen LogP) is 2.30. The minimum atomic E-state index is 0.0536. The molecule has 1 heterocycles. The van der Waals surface area contributed by atoms with E-state index in [4.69, 9.17) is 9.84 Å². The number of hydrogen-bond donors (Lipinski definition) is 2. The Bertz CT molecular complexity index is 340. The minimum absolute atomic E-state index is 0.0536. The topological polar surface area (TPSA) is 54.4 Å². The second kappa shape index (κ2) is 6.45. The van der Waals surface area contributed by atoms with E-state index in [-0.39, 0.29) is 12.0 Å². The molecule has 0 aliphatic rings. The Labute approximate surface area is 103 Å². The molecule has 0 aliphatic heterocycles. The number of anilines is 1. The van der Waals surface area contributed by atoms with Gasteiger partial charge in [-0.1, -0.05) is 19.9 Å². The Morgan fingerprint density at radius 2 is 2.18 bits per heavy atom. The van der Waals surface area contributed by atoms with Crippen molar-refractivity contribution in [2.45, 2.75) is 27.2 Å². The SMILES string of the molecule is CCOc1cccc(NCC(C)(C)CCO)n1. The van der Waals surface area contributed by atoms with Crippen LogP contribution in [0.15, 0.2) is 18.2 Å². The van der Waals surface area contributed by atoms with Crippen molar-refractivity contribution in [1.29, 1.82) is 0 Å². The molecule has 0 aliphatic carbocycles. The van der Waals surface area contributed by atoms with Crippen molar-refractivity contribution in [2.24, 2.45) is 5.41 Å². The molecule has 1 aromatic heterocycles. The third-order valence-electron chi connectivity index (χ3n) is 2.55. The normalized spacial score (nSPS) is 11.3. The summed E-state index contributed by atoms with van der Waals surface area (Å²) in [4.78, 5) is 4.33. The van der Waals surface area contributed by atoms with Gasteiger partial charge in [-0.2, -0.15) is 4.98 Å². The first-order valence-electron chi connectivity index (χ1n) is 6.02. The first kappa shape index (κ1) is 13.8. The maximum Gasteiger partial charge on any atom is 0.215 e. The van der Waals surface area contributed by atoms with E-state index >= 15 is 0 Å². The third kappa shape index (κ3) is 5.04. The molecule has 0 fully saturated rings. The molecule has 0 bridgehead atoms. The lowest BCUT2D eigenvalue weighted by atomic mass is 9.90. The molecular weight excluding hydrogens is 216 g/mol. The zero-order valence-corrected chi connectivity index (χ0v) is 10.9. The number of nitrogens with zero attached hydrogens (tertiary/aromatic N) is 1. The highest BCUT2D eigenvalue weighted by Crippen LogP contribution is 2.20. The molecule has 4 nitrogen and oxygen atoms in total. The van der Waals surface area contributed by atoms with Gasteiger partial charge in [0.15, 0.2) is 0 Å². The summed E-state index contributed by atoms with van der Waals surface area (Å²) in [6.07, 6.45) is 0.769. The molecule has 0 amide bonds. The van der Waals surface area contributed by atoms with E-state index in [2.05, 4.69) is 24.1 Å². The second-order valence-electron chi connectivity index (χ2n) is 4.79. The van der Waals surface area contributed by atoms with Crippen LogP contribution in [0.3, 0.4) is 0 Å². The molecule has 17 heavy (non-hydrogen) atoms. The van der Waals surface area contributed by atoms with E-state index in [1.165, 1.54) is 0 Å². The van der Waals surface area contributed by atoms with Crippen molar-refractivity contribution >= 4 is 5.82 Å². The zero-order chi connectivity index (χ0) is 12.7. The van der Waals surface area contributed by atoms with Crippen molar-refractivity contribution in [3.05, 3.63) is 18.2 Å². The Hall–Kier alpha value is -1.29. The largest absolute Gasteiger partial charge is 0.478 e. The van der Waals surface area contributed by atoms with Gasteiger partial charge in [0.1, 0.15) is 5.82 Å². The number of hydrogen-bond acceptors (Lipinski definition) is 4. The molecule has 0 saturated carbocycles. The van der Waals surface area contributed by atoms with Crippen LogP contribution in [0, 0.1) is 5.41 Å². The first-order chi connectivity index (χ1) is 8.07. The van der Waals surface area contributed by atoms with Crippen LogP contribution in [-0.4, -0.2) is 29.8 Å². The third-order valence-corrected chi connectivity index (χ3v) is 2.55. The van der Waals surface area contributed by atoms with Crippen LogP contribution < -0.4 is 10.1 Å². The minimum Gasteiger partial charge on any atom is -0.478 e. The average molecular weight is 238 g/mol. The lowest BCUT2D eigenvalue weighted by molar-refractivity contribution is 0.220. The van der Waals surface area contributed by atoms with Crippen molar-refractivity contribution in [3.63, 3.8) is 0 Å². The molecule has 4 heteroatoms. The molecule has 0 atom stereocenters. The van der Waals surface area contributed by atoms with Gasteiger partial charge >= 0.3 is 0 Å². The molecule has 0 spiro atoms. The quantitative estimate of drug-likeness (QED) is 0.765. The van der Waals surface area contributed by atoms with Crippen molar-refractivity contribution in [2.75, 3.05) is 25.1 Å². The highest BCUT2D eigenvalue weighted by Gasteiger charge is 2.16. The van der Waals surface area contributed by atoms with Gasteiger partial charge in [-0.15, -0.1) is 0 Å². The lowest BCUT2D eigenvalue weighted by Gasteiger charge is -2.24. The Kier molecular flexibility index (Phi) is 5.22. The number of nitrogens with one attached hydrogen (secondary N) is 1. The van der Waals surface area contributed by atoms with Gasteiger partial charge in [0.2, 0.25) is 5.88 Å². The highest BCUT2D eigenvalue weighted by molar-refractivity contribution is 5.37. The fourth-order valence-corrected chi connectivity index (χ4v) is 1.46. The maximum atomic E-state index is 8.95. The van der Waals surface area contributed by atoms with Gasteiger partial charge in [-0.25, -0.2) is 0 Å². The highest BCUT2D eigenvalue weighted by atomic mass is 16.5. The van der Waals surface area contributed by atoms with E-state index in [1.54, 1.807) is 0 Å². The number of aliphatic hydroxyl groups is 1. The van der Waals surface area contributed by atoms with E-state index < -0.39 is 0 Å². The van der Waals surface area contributed by atoms with Gasteiger partial charge in [-0.3, -0.25) is 0 Å². The average Bonchev–Trinajstić information content (AvgIpc) is 2.28. The number of aliphatic hydroxyl groups excluding tert-OH is 1. The summed E-state index contributed by atoms with van der Waals surface area (Å²) >= 11 is 0. The molecule has 0 unspecified atom stereocenters. The van der Waals surface area contributed by atoms with Gasteiger partial charge in [-0.05, 0) is 24.8 Å². The van der Waals surface area contributed by atoms with Crippen molar-refractivity contribution in [3.8, 4) is 5.88 Å². The standard InChI is InChI=1S/C13H22N2O2/c1-4-17-12-7-5-6-11(15-12)14-10-13(2,3)8-9-16/h5-7,16H,4,8-10H2,1-3H3,(H,14,15). The van der Waals surface area contributed by atoms with Crippen LogP contribution in [0.2, 0.25) is 0 Å². The second-order valence-corrected chi connectivity index (χ2v) is 4.79. The zero-order valence-electron chi connectivity index (χ0n) is 10.9. The van der Waals surface area contributed by atoms with E-state index in [0.29, 0.717) is 12.5 Å².